The van der Waals surface area contributed by atoms with E-state index >= 15 is 0 Å². The zero-order valence-electron chi connectivity index (χ0n) is 9.86. The van der Waals surface area contributed by atoms with Crippen LogP contribution in [0.15, 0.2) is 24.3 Å². The minimum atomic E-state index is -0.969. The van der Waals surface area contributed by atoms with Gasteiger partial charge < -0.3 is 9.84 Å². The van der Waals surface area contributed by atoms with E-state index < -0.39 is 11.8 Å². The van der Waals surface area contributed by atoms with Gasteiger partial charge in [-0.1, -0.05) is 0 Å². The molecule has 0 saturated carbocycles. The topological polar surface area (TPSA) is 46.5 Å². The Labute approximate surface area is 107 Å². The number of carboxylic acids is 1. The molecule has 1 N–H and O–H groups in total. The van der Waals surface area contributed by atoms with Gasteiger partial charge in [-0.3, -0.25) is 0 Å². The predicted octanol–water partition coefficient (Wildman–Crippen LogP) is 3.57. The zero-order valence-corrected chi connectivity index (χ0v) is 10.7. The lowest BCUT2D eigenvalue weighted by Crippen LogP contribution is -1.89. The summed E-state index contributed by atoms with van der Waals surface area (Å²) in [7, 11) is 1.40. The Hall–Kier alpha value is -1.88. The van der Waals surface area contributed by atoms with Gasteiger partial charge in [0.25, 0.3) is 0 Å². The number of methoxy groups -OCH3 is 1. The number of thiophene rings is 1. The van der Waals surface area contributed by atoms with Crippen molar-refractivity contribution in [3.05, 3.63) is 40.5 Å². The third-order valence-corrected chi connectivity index (χ3v) is 3.82. The molecule has 3 nitrogen and oxygen atoms in total. The van der Waals surface area contributed by atoms with Crippen molar-refractivity contribution in [2.45, 2.75) is 6.92 Å². The van der Waals surface area contributed by atoms with Crippen LogP contribution < -0.4 is 4.74 Å². The summed E-state index contributed by atoms with van der Waals surface area (Å²) in [5.41, 5.74) is 1.48. The van der Waals surface area contributed by atoms with E-state index in [0.29, 0.717) is 5.56 Å². The molecule has 0 aliphatic rings. The fraction of sp³-hybridized carbons (Fsp3) is 0.154. The van der Waals surface area contributed by atoms with Gasteiger partial charge in [-0.25, -0.2) is 9.18 Å². The van der Waals surface area contributed by atoms with Crippen LogP contribution in [0.2, 0.25) is 0 Å². The van der Waals surface area contributed by atoms with E-state index in [2.05, 4.69) is 0 Å². The van der Waals surface area contributed by atoms with Gasteiger partial charge in [0.05, 0.1) is 7.11 Å². The first kappa shape index (κ1) is 12.6. The Bertz CT molecular complexity index is 604. The van der Waals surface area contributed by atoms with E-state index in [0.717, 1.165) is 21.8 Å². The molecule has 2 rings (SSSR count). The number of ether oxygens (including phenoxy) is 1. The average molecular weight is 266 g/mol. The predicted molar refractivity (Wildman–Crippen MR) is 68.0 cm³/mol. The Morgan fingerprint density at radius 3 is 2.61 bits per heavy atom. The molecule has 0 aliphatic heterocycles. The average Bonchev–Trinajstić information content (AvgIpc) is 2.71. The second-order valence-corrected chi connectivity index (χ2v) is 4.83. The van der Waals surface area contributed by atoms with Crippen LogP contribution in [-0.2, 0) is 0 Å². The van der Waals surface area contributed by atoms with E-state index in [1.165, 1.54) is 19.2 Å². The number of carbonyl (C=O) groups is 1. The number of rotatable bonds is 3. The van der Waals surface area contributed by atoms with Crippen molar-refractivity contribution >= 4 is 17.3 Å². The highest BCUT2D eigenvalue weighted by Gasteiger charge is 2.14. The fourth-order valence-electron chi connectivity index (χ4n) is 1.68. The first-order valence-corrected chi connectivity index (χ1v) is 6.02. The number of hydrogen-bond acceptors (Lipinski definition) is 3. The lowest BCUT2D eigenvalue weighted by Gasteiger charge is -2.04. The Kier molecular flexibility index (Phi) is 3.34. The van der Waals surface area contributed by atoms with E-state index in [1.807, 2.05) is 0 Å². The number of benzene rings is 1. The van der Waals surface area contributed by atoms with Gasteiger partial charge in [-0.2, -0.15) is 0 Å². The maximum Gasteiger partial charge on any atom is 0.345 e. The molecule has 0 bridgehead atoms. The van der Waals surface area contributed by atoms with Crippen LogP contribution in [0.4, 0.5) is 4.39 Å². The van der Waals surface area contributed by atoms with Gasteiger partial charge in [-0.15, -0.1) is 11.3 Å². The number of halogens is 1. The molecule has 18 heavy (non-hydrogen) atoms. The second kappa shape index (κ2) is 4.78. The van der Waals surface area contributed by atoms with Crippen LogP contribution in [0.5, 0.6) is 5.75 Å². The molecule has 5 heteroatoms. The summed E-state index contributed by atoms with van der Waals surface area (Å²) < 4.78 is 18.4. The summed E-state index contributed by atoms with van der Waals surface area (Å²) >= 11 is 1.14. The summed E-state index contributed by atoms with van der Waals surface area (Å²) in [6.45, 7) is 1.81. The molecule has 0 radical (unpaired) electrons. The van der Waals surface area contributed by atoms with Crippen molar-refractivity contribution in [2.24, 2.45) is 0 Å². The molecule has 0 fully saturated rings. The van der Waals surface area contributed by atoms with Gasteiger partial charge in [0, 0.05) is 4.88 Å². The highest BCUT2D eigenvalue weighted by atomic mass is 32.1. The fourth-order valence-corrected chi connectivity index (χ4v) is 2.69. The molecule has 0 atom stereocenters. The smallest absolute Gasteiger partial charge is 0.345 e. The van der Waals surface area contributed by atoms with Crippen molar-refractivity contribution in [1.82, 2.24) is 0 Å². The maximum absolute atomic E-state index is 13.6. The summed E-state index contributed by atoms with van der Waals surface area (Å²) in [4.78, 5) is 11.9. The van der Waals surface area contributed by atoms with Crippen molar-refractivity contribution < 1.29 is 19.0 Å². The summed E-state index contributed by atoms with van der Waals surface area (Å²) in [6.07, 6.45) is 0. The standard InChI is InChI=1S/C13H11FO3S/c1-7-5-11(13(15)16)18-12(7)8-3-4-10(17-2)9(14)6-8/h3-6H,1-2H3,(H,15,16). The van der Waals surface area contributed by atoms with E-state index in [-0.39, 0.29) is 10.6 Å². The van der Waals surface area contributed by atoms with Crippen LogP contribution in [-0.4, -0.2) is 18.2 Å². The first-order valence-electron chi connectivity index (χ1n) is 5.20. The van der Waals surface area contributed by atoms with Crippen LogP contribution in [0, 0.1) is 12.7 Å². The van der Waals surface area contributed by atoms with Crippen molar-refractivity contribution in [2.75, 3.05) is 7.11 Å². The van der Waals surface area contributed by atoms with Gasteiger partial charge in [0.1, 0.15) is 4.88 Å². The van der Waals surface area contributed by atoms with E-state index in [1.54, 1.807) is 19.1 Å². The molecule has 0 unspecified atom stereocenters. The van der Waals surface area contributed by atoms with Gasteiger partial charge in [0.15, 0.2) is 11.6 Å². The number of hydrogen-bond donors (Lipinski definition) is 1. The largest absolute Gasteiger partial charge is 0.494 e. The number of carboxylic acid groups (broad SMARTS) is 1. The third-order valence-electron chi connectivity index (χ3n) is 2.54. The van der Waals surface area contributed by atoms with Gasteiger partial charge >= 0.3 is 5.97 Å². The zero-order chi connectivity index (χ0) is 13.3. The van der Waals surface area contributed by atoms with Crippen molar-refractivity contribution in [1.29, 1.82) is 0 Å². The van der Waals surface area contributed by atoms with Crippen LogP contribution in [0.25, 0.3) is 10.4 Å². The molecular weight excluding hydrogens is 255 g/mol. The molecule has 0 saturated heterocycles. The minimum Gasteiger partial charge on any atom is -0.494 e. The molecular formula is C13H11FO3S. The molecule has 2 aromatic rings. The first-order chi connectivity index (χ1) is 8.52. The SMILES string of the molecule is COc1ccc(-c2sc(C(=O)O)cc2C)cc1F. The van der Waals surface area contributed by atoms with E-state index in [9.17, 15) is 9.18 Å². The molecule has 0 aliphatic carbocycles. The molecule has 0 spiro atoms. The van der Waals surface area contributed by atoms with Crippen LogP contribution >= 0.6 is 11.3 Å². The lowest BCUT2D eigenvalue weighted by molar-refractivity contribution is 0.0702. The molecule has 1 aromatic heterocycles. The highest BCUT2D eigenvalue weighted by Crippen LogP contribution is 2.34. The second-order valence-electron chi connectivity index (χ2n) is 3.78. The quantitative estimate of drug-likeness (QED) is 0.923. The monoisotopic (exact) mass is 266 g/mol. The van der Waals surface area contributed by atoms with Gasteiger partial charge in [-0.05, 0) is 42.3 Å². The lowest BCUT2D eigenvalue weighted by atomic mass is 10.1. The Morgan fingerprint density at radius 2 is 2.11 bits per heavy atom. The van der Waals surface area contributed by atoms with Gasteiger partial charge in [0.2, 0.25) is 0 Å². The summed E-state index contributed by atoms with van der Waals surface area (Å²) in [6, 6.07) is 6.18. The number of aromatic carboxylic acids is 1. The summed E-state index contributed by atoms with van der Waals surface area (Å²) in [5.74, 6) is -1.26. The van der Waals surface area contributed by atoms with Crippen molar-refractivity contribution in [3.63, 3.8) is 0 Å². The molecule has 94 valence electrons. The Balaban J connectivity index is 2.48. The minimum absolute atomic E-state index is 0.173. The van der Waals surface area contributed by atoms with Crippen LogP contribution in [0.3, 0.4) is 0 Å². The summed E-state index contributed by atoms with van der Waals surface area (Å²) in [5, 5.41) is 8.92. The number of aryl methyl sites for hydroxylation is 1. The normalized spacial score (nSPS) is 10.4. The molecule has 1 aromatic carbocycles. The van der Waals surface area contributed by atoms with E-state index in [4.69, 9.17) is 9.84 Å². The van der Waals surface area contributed by atoms with Crippen LogP contribution in [0.1, 0.15) is 15.2 Å². The Morgan fingerprint density at radius 1 is 1.39 bits per heavy atom. The van der Waals surface area contributed by atoms with Crippen molar-refractivity contribution in [3.8, 4) is 16.2 Å². The third kappa shape index (κ3) is 2.22. The highest BCUT2D eigenvalue weighted by molar-refractivity contribution is 7.17. The molecule has 0 amide bonds. The maximum atomic E-state index is 13.6. The molecule has 1 heterocycles.